The Morgan fingerprint density at radius 2 is 1.75 bits per heavy atom. The molecule has 5 nitrogen and oxygen atoms in total. The van der Waals surface area contributed by atoms with Crippen molar-refractivity contribution in [1.29, 1.82) is 10.5 Å². The third-order valence-electron chi connectivity index (χ3n) is 3.88. The van der Waals surface area contributed by atoms with E-state index >= 15 is 0 Å². The number of allylic oxidation sites excluding steroid dienone is 1. The van der Waals surface area contributed by atoms with Crippen LogP contribution in [0.25, 0.3) is 17.4 Å². The summed E-state index contributed by atoms with van der Waals surface area (Å²) in [7, 11) is 0. The Morgan fingerprint density at radius 3 is 2.43 bits per heavy atom. The normalized spacial score (nSPS) is 9.82. The van der Waals surface area contributed by atoms with E-state index in [2.05, 4.69) is 0 Å². The number of rotatable bonds is 5. The molecule has 0 radical (unpaired) electrons. The Kier molecular flexibility index (Phi) is 5.91. The maximum Gasteiger partial charge on any atom is 0.338 e. The molecule has 0 N–H and O–H groups in total. The van der Waals surface area contributed by atoms with Crippen molar-refractivity contribution in [3.8, 4) is 23.5 Å². The predicted octanol–water partition coefficient (Wildman–Crippen LogP) is 5.39. The Hall–Kier alpha value is -3.80. The second-order valence-electron chi connectivity index (χ2n) is 5.73. The first-order valence-electron chi connectivity index (χ1n) is 8.23. The molecule has 136 valence electrons. The number of carbonyl (C=O) groups excluding carboxylic acids is 1. The summed E-state index contributed by atoms with van der Waals surface area (Å²) in [5.74, 6) is 0.496. The van der Waals surface area contributed by atoms with Crippen LogP contribution in [0.1, 0.15) is 21.7 Å². The van der Waals surface area contributed by atoms with Crippen LogP contribution < -0.4 is 0 Å². The molecular formula is C22H13ClN2O3. The van der Waals surface area contributed by atoms with Gasteiger partial charge < -0.3 is 9.15 Å². The number of nitriles is 2. The highest BCUT2D eigenvalue weighted by Gasteiger charge is 2.10. The van der Waals surface area contributed by atoms with Crippen molar-refractivity contribution in [3.63, 3.8) is 0 Å². The van der Waals surface area contributed by atoms with Crippen molar-refractivity contribution >= 4 is 23.6 Å². The van der Waals surface area contributed by atoms with Crippen molar-refractivity contribution in [2.45, 2.75) is 6.61 Å². The van der Waals surface area contributed by atoms with E-state index in [4.69, 9.17) is 31.3 Å². The van der Waals surface area contributed by atoms with Crippen molar-refractivity contribution in [1.82, 2.24) is 0 Å². The fourth-order valence-electron chi connectivity index (χ4n) is 2.43. The monoisotopic (exact) mass is 388 g/mol. The van der Waals surface area contributed by atoms with Gasteiger partial charge in [-0.15, -0.1) is 0 Å². The van der Waals surface area contributed by atoms with Gasteiger partial charge in [-0.25, -0.2) is 4.79 Å². The molecular weight excluding hydrogens is 376 g/mol. The number of benzene rings is 2. The zero-order valence-electron chi connectivity index (χ0n) is 14.6. The maximum absolute atomic E-state index is 12.2. The first-order chi connectivity index (χ1) is 13.6. The highest BCUT2D eigenvalue weighted by Crippen LogP contribution is 2.24. The van der Waals surface area contributed by atoms with E-state index in [1.165, 1.54) is 6.08 Å². The van der Waals surface area contributed by atoms with E-state index in [0.717, 1.165) is 11.1 Å². The molecule has 1 aromatic heterocycles. The summed E-state index contributed by atoms with van der Waals surface area (Å²) in [6.45, 7) is 0.0915. The van der Waals surface area contributed by atoms with E-state index < -0.39 is 5.97 Å². The minimum Gasteiger partial charge on any atom is -0.457 e. The van der Waals surface area contributed by atoms with Gasteiger partial charge in [0.2, 0.25) is 0 Å². The molecule has 3 rings (SSSR count). The quantitative estimate of drug-likeness (QED) is 0.432. The maximum atomic E-state index is 12.2. The molecule has 6 heteroatoms. The van der Waals surface area contributed by atoms with Crippen LogP contribution in [0, 0.1) is 22.7 Å². The van der Waals surface area contributed by atoms with E-state index in [-0.39, 0.29) is 12.2 Å². The number of halogens is 1. The number of hydrogen-bond donors (Lipinski definition) is 0. The second-order valence-corrected chi connectivity index (χ2v) is 6.14. The predicted molar refractivity (Wildman–Crippen MR) is 104 cm³/mol. The van der Waals surface area contributed by atoms with Crippen molar-refractivity contribution in [3.05, 3.63) is 88.1 Å². The molecule has 0 aliphatic rings. The Bertz CT molecular complexity index is 1100. The van der Waals surface area contributed by atoms with Gasteiger partial charge >= 0.3 is 5.97 Å². The number of nitrogens with zero attached hydrogens (tertiary/aromatic N) is 2. The number of carbonyl (C=O) groups is 1. The largest absolute Gasteiger partial charge is 0.457 e. The zero-order valence-corrected chi connectivity index (χ0v) is 15.3. The molecule has 0 spiro atoms. The third-order valence-corrected chi connectivity index (χ3v) is 4.24. The third kappa shape index (κ3) is 4.48. The molecule has 0 saturated carbocycles. The van der Waals surface area contributed by atoms with Crippen LogP contribution in [0.15, 0.2) is 70.7 Å². The summed E-state index contributed by atoms with van der Waals surface area (Å²) in [5.41, 5.74) is 1.84. The van der Waals surface area contributed by atoms with Crippen molar-refractivity contribution in [2.75, 3.05) is 0 Å². The van der Waals surface area contributed by atoms with Gasteiger partial charge in [0.1, 0.15) is 35.8 Å². The molecule has 0 bridgehead atoms. The molecule has 0 saturated heterocycles. The molecule has 0 unspecified atom stereocenters. The lowest BCUT2D eigenvalue weighted by atomic mass is 10.1. The number of furan rings is 1. The van der Waals surface area contributed by atoms with Crippen molar-refractivity contribution < 1.29 is 13.9 Å². The van der Waals surface area contributed by atoms with Crippen molar-refractivity contribution in [2.24, 2.45) is 0 Å². The SMILES string of the molecule is N#CC(C#N)=Cc1ccc(-c2ccc(C(=O)OCc3ccccc3Cl)cc2)o1. The minimum absolute atomic E-state index is 0.0440. The molecule has 0 aliphatic heterocycles. The Balaban J connectivity index is 1.68. The lowest BCUT2D eigenvalue weighted by Gasteiger charge is -2.07. The van der Waals surface area contributed by atoms with Crippen LogP contribution in [-0.4, -0.2) is 5.97 Å². The second kappa shape index (κ2) is 8.73. The van der Waals surface area contributed by atoms with Gasteiger partial charge in [0, 0.05) is 22.2 Å². The van der Waals surface area contributed by atoms with Gasteiger partial charge in [-0.1, -0.05) is 41.9 Å². The summed E-state index contributed by atoms with van der Waals surface area (Å²) < 4.78 is 10.9. The molecule has 0 amide bonds. The van der Waals surface area contributed by atoms with Crippen LogP contribution in [0.3, 0.4) is 0 Å². The van der Waals surface area contributed by atoms with Crippen LogP contribution in [0.5, 0.6) is 0 Å². The highest BCUT2D eigenvalue weighted by atomic mass is 35.5. The van der Waals surface area contributed by atoms with E-state index in [1.807, 2.05) is 12.1 Å². The lowest BCUT2D eigenvalue weighted by Crippen LogP contribution is -2.05. The van der Waals surface area contributed by atoms with Crippen LogP contribution in [0.4, 0.5) is 0 Å². The lowest BCUT2D eigenvalue weighted by molar-refractivity contribution is 0.0473. The topological polar surface area (TPSA) is 87.0 Å². The van der Waals surface area contributed by atoms with Crippen LogP contribution in [0.2, 0.25) is 5.02 Å². The van der Waals surface area contributed by atoms with Gasteiger partial charge in [-0.05, 0) is 30.3 Å². The summed E-state index contributed by atoms with van der Waals surface area (Å²) in [6.07, 6.45) is 1.37. The molecule has 3 aromatic rings. The van der Waals surface area contributed by atoms with Gasteiger partial charge in [-0.2, -0.15) is 10.5 Å². The number of hydrogen-bond acceptors (Lipinski definition) is 5. The highest BCUT2D eigenvalue weighted by molar-refractivity contribution is 6.31. The Morgan fingerprint density at radius 1 is 1.04 bits per heavy atom. The van der Waals surface area contributed by atoms with E-state index in [0.29, 0.717) is 22.1 Å². The zero-order chi connectivity index (χ0) is 19.9. The first-order valence-corrected chi connectivity index (χ1v) is 8.61. The van der Waals surface area contributed by atoms with E-state index in [9.17, 15) is 4.79 Å². The molecule has 0 atom stereocenters. The number of esters is 1. The molecule has 0 aliphatic carbocycles. The first kappa shape index (κ1) is 19.0. The number of ether oxygens (including phenoxy) is 1. The molecule has 2 aromatic carbocycles. The van der Waals surface area contributed by atoms with Gasteiger partial charge in [0.25, 0.3) is 0 Å². The fourth-order valence-corrected chi connectivity index (χ4v) is 2.62. The average molecular weight is 389 g/mol. The van der Waals surface area contributed by atoms with Gasteiger partial charge in [0.05, 0.1) is 5.56 Å². The molecule has 0 fully saturated rings. The van der Waals surface area contributed by atoms with Gasteiger partial charge in [0.15, 0.2) is 0 Å². The minimum atomic E-state index is -0.456. The summed E-state index contributed by atoms with van der Waals surface area (Å²) in [6, 6.07) is 20.8. The Labute approximate surface area is 166 Å². The molecule has 1 heterocycles. The summed E-state index contributed by atoms with van der Waals surface area (Å²) in [4.78, 5) is 12.2. The summed E-state index contributed by atoms with van der Waals surface area (Å²) >= 11 is 6.05. The fraction of sp³-hybridized carbons (Fsp3) is 0.0455. The van der Waals surface area contributed by atoms with Gasteiger partial charge in [-0.3, -0.25) is 0 Å². The van der Waals surface area contributed by atoms with Crippen LogP contribution >= 0.6 is 11.6 Å². The average Bonchev–Trinajstić information content (AvgIpc) is 3.20. The van der Waals surface area contributed by atoms with E-state index in [1.54, 1.807) is 60.7 Å². The summed E-state index contributed by atoms with van der Waals surface area (Å²) in [5, 5.41) is 18.1. The smallest absolute Gasteiger partial charge is 0.338 e. The molecule has 28 heavy (non-hydrogen) atoms. The standard InChI is InChI=1S/C22H13ClN2O3/c23-20-4-2-1-3-18(20)14-27-22(26)17-7-5-16(6-8-17)21-10-9-19(28-21)11-15(12-24)13-25/h1-11H,14H2. The van der Waals surface area contributed by atoms with Crippen LogP contribution in [-0.2, 0) is 11.3 Å².